The minimum Gasteiger partial charge on any atom is -0.316 e. The van der Waals surface area contributed by atoms with Crippen molar-refractivity contribution in [1.29, 1.82) is 0 Å². The van der Waals surface area contributed by atoms with Crippen molar-refractivity contribution in [1.82, 2.24) is 10.2 Å². The lowest BCUT2D eigenvalue weighted by atomic mass is 9.99. The molecular formula is C11H24N2O2S. The molecule has 0 aliphatic carbocycles. The summed E-state index contributed by atoms with van der Waals surface area (Å²) in [4.78, 5) is 2.25. The number of nitrogens with zero attached hydrogens (tertiary/aromatic N) is 1. The first-order valence-corrected chi connectivity index (χ1v) is 8.10. The van der Waals surface area contributed by atoms with Gasteiger partial charge in [-0.05, 0) is 51.9 Å². The SMILES string of the molecule is CN(CCCS(C)(=O)=O)CC1CCCNC1. The molecule has 1 fully saturated rings. The summed E-state index contributed by atoms with van der Waals surface area (Å²) < 4.78 is 21.9. The Labute approximate surface area is 99.3 Å². The van der Waals surface area contributed by atoms with Crippen molar-refractivity contribution in [2.75, 3.05) is 45.2 Å². The van der Waals surface area contributed by atoms with E-state index in [0.717, 1.165) is 38.5 Å². The quantitative estimate of drug-likeness (QED) is 0.737. The molecule has 0 spiro atoms. The Morgan fingerprint density at radius 3 is 2.75 bits per heavy atom. The number of rotatable bonds is 6. The van der Waals surface area contributed by atoms with E-state index in [1.54, 1.807) is 0 Å². The maximum atomic E-state index is 11.0. The molecule has 1 aliphatic rings. The molecule has 5 heteroatoms. The van der Waals surface area contributed by atoms with E-state index in [4.69, 9.17) is 0 Å². The van der Waals surface area contributed by atoms with E-state index in [-0.39, 0.29) is 0 Å². The molecule has 16 heavy (non-hydrogen) atoms. The minimum atomic E-state index is -2.79. The first-order valence-electron chi connectivity index (χ1n) is 6.04. The van der Waals surface area contributed by atoms with Gasteiger partial charge in [-0.1, -0.05) is 0 Å². The number of sulfone groups is 1. The summed E-state index contributed by atoms with van der Waals surface area (Å²) in [5, 5.41) is 3.40. The molecule has 0 radical (unpaired) electrons. The van der Waals surface area contributed by atoms with Gasteiger partial charge in [0.1, 0.15) is 9.84 Å². The molecule has 0 aromatic carbocycles. The fourth-order valence-corrected chi connectivity index (χ4v) is 2.86. The second kappa shape index (κ2) is 6.57. The molecule has 0 aromatic heterocycles. The molecular weight excluding hydrogens is 224 g/mol. The van der Waals surface area contributed by atoms with Crippen molar-refractivity contribution in [2.45, 2.75) is 19.3 Å². The second-order valence-corrected chi connectivity index (χ2v) is 7.22. The summed E-state index contributed by atoms with van der Waals surface area (Å²) in [7, 11) is -0.712. The monoisotopic (exact) mass is 248 g/mol. The van der Waals surface area contributed by atoms with Crippen LogP contribution < -0.4 is 5.32 Å². The Kier molecular flexibility index (Phi) is 5.72. The van der Waals surface area contributed by atoms with E-state index in [9.17, 15) is 8.42 Å². The topological polar surface area (TPSA) is 49.4 Å². The van der Waals surface area contributed by atoms with Gasteiger partial charge in [-0.3, -0.25) is 0 Å². The lowest BCUT2D eigenvalue weighted by Crippen LogP contribution is -2.37. The zero-order chi connectivity index (χ0) is 12.0. The molecule has 0 amide bonds. The average Bonchev–Trinajstić information content (AvgIpc) is 2.17. The summed E-state index contributed by atoms with van der Waals surface area (Å²) in [6, 6.07) is 0. The molecule has 0 saturated carbocycles. The number of hydrogen-bond acceptors (Lipinski definition) is 4. The van der Waals surface area contributed by atoms with Gasteiger partial charge in [-0.15, -0.1) is 0 Å². The average molecular weight is 248 g/mol. The van der Waals surface area contributed by atoms with Gasteiger partial charge in [0.05, 0.1) is 5.75 Å². The molecule has 1 unspecified atom stereocenters. The fourth-order valence-electron chi connectivity index (χ4n) is 2.21. The Morgan fingerprint density at radius 1 is 1.44 bits per heavy atom. The molecule has 4 nitrogen and oxygen atoms in total. The smallest absolute Gasteiger partial charge is 0.147 e. The maximum absolute atomic E-state index is 11.0. The van der Waals surface area contributed by atoms with Crippen LogP contribution in [0.3, 0.4) is 0 Å². The van der Waals surface area contributed by atoms with E-state index in [0.29, 0.717) is 5.75 Å². The first-order chi connectivity index (χ1) is 7.47. The van der Waals surface area contributed by atoms with Crippen LogP contribution in [0.1, 0.15) is 19.3 Å². The highest BCUT2D eigenvalue weighted by molar-refractivity contribution is 7.90. The molecule has 1 heterocycles. The molecule has 96 valence electrons. The highest BCUT2D eigenvalue weighted by Gasteiger charge is 2.14. The Bertz CT molecular complexity index is 284. The third kappa shape index (κ3) is 6.45. The van der Waals surface area contributed by atoms with Gasteiger partial charge in [-0.25, -0.2) is 8.42 Å². The number of hydrogen-bond donors (Lipinski definition) is 1. The van der Waals surface area contributed by atoms with Crippen molar-refractivity contribution in [3.05, 3.63) is 0 Å². The number of piperidine rings is 1. The molecule has 0 bridgehead atoms. The third-order valence-electron chi connectivity index (χ3n) is 3.02. The van der Waals surface area contributed by atoms with Crippen LogP contribution in [0.25, 0.3) is 0 Å². The van der Waals surface area contributed by atoms with Crippen LogP contribution in [0, 0.1) is 5.92 Å². The highest BCUT2D eigenvalue weighted by Crippen LogP contribution is 2.11. The fraction of sp³-hybridized carbons (Fsp3) is 1.00. The van der Waals surface area contributed by atoms with Gasteiger partial charge < -0.3 is 10.2 Å². The lowest BCUT2D eigenvalue weighted by Gasteiger charge is -2.27. The summed E-state index contributed by atoms with van der Waals surface area (Å²) in [6.07, 6.45) is 4.61. The summed E-state index contributed by atoms with van der Waals surface area (Å²) in [5.41, 5.74) is 0. The first kappa shape index (κ1) is 13.9. The number of nitrogens with one attached hydrogen (secondary N) is 1. The van der Waals surface area contributed by atoms with Gasteiger partial charge in [0, 0.05) is 12.8 Å². The van der Waals surface area contributed by atoms with Gasteiger partial charge in [-0.2, -0.15) is 0 Å². The Morgan fingerprint density at radius 2 is 2.19 bits per heavy atom. The van der Waals surface area contributed by atoms with E-state index >= 15 is 0 Å². The zero-order valence-electron chi connectivity index (χ0n) is 10.4. The Hall–Kier alpha value is -0.130. The van der Waals surface area contributed by atoms with Gasteiger partial charge >= 0.3 is 0 Å². The lowest BCUT2D eigenvalue weighted by molar-refractivity contribution is 0.244. The van der Waals surface area contributed by atoms with Gasteiger partial charge in [0.15, 0.2) is 0 Å². The standard InChI is InChI=1S/C11H24N2O2S/c1-13(7-4-8-16(2,14)15)10-11-5-3-6-12-9-11/h11-12H,3-10H2,1-2H3. The van der Waals surface area contributed by atoms with Crippen molar-refractivity contribution in [2.24, 2.45) is 5.92 Å². The Balaban J connectivity index is 2.12. The van der Waals surface area contributed by atoms with E-state index < -0.39 is 9.84 Å². The molecule has 1 atom stereocenters. The summed E-state index contributed by atoms with van der Waals surface area (Å²) >= 11 is 0. The van der Waals surface area contributed by atoms with E-state index in [2.05, 4.69) is 17.3 Å². The normalized spacial score (nSPS) is 22.6. The predicted octanol–water partition coefficient (Wildman–Crippen LogP) is 0.353. The van der Waals surface area contributed by atoms with Crippen LogP contribution >= 0.6 is 0 Å². The molecule has 1 aliphatic heterocycles. The summed E-state index contributed by atoms with van der Waals surface area (Å²) in [6.45, 7) is 4.21. The maximum Gasteiger partial charge on any atom is 0.147 e. The van der Waals surface area contributed by atoms with E-state index in [1.807, 2.05) is 0 Å². The zero-order valence-corrected chi connectivity index (χ0v) is 11.2. The van der Waals surface area contributed by atoms with Gasteiger partial charge in [0.25, 0.3) is 0 Å². The van der Waals surface area contributed by atoms with Crippen molar-refractivity contribution in [3.63, 3.8) is 0 Å². The van der Waals surface area contributed by atoms with Gasteiger partial charge in [0.2, 0.25) is 0 Å². The van der Waals surface area contributed by atoms with Crippen LogP contribution in [-0.2, 0) is 9.84 Å². The molecule has 0 aromatic rings. The van der Waals surface area contributed by atoms with Crippen molar-refractivity contribution >= 4 is 9.84 Å². The van der Waals surface area contributed by atoms with Crippen LogP contribution in [-0.4, -0.2) is 58.6 Å². The molecule has 1 rings (SSSR count). The van der Waals surface area contributed by atoms with E-state index in [1.165, 1.54) is 19.1 Å². The van der Waals surface area contributed by atoms with Crippen molar-refractivity contribution < 1.29 is 8.42 Å². The molecule has 1 N–H and O–H groups in total. The van der Waals surface area contributed by atoms with Crippen LogP contribution in [0.5, 0.6) is 0 Å². The van der Waals surface area contributed by atoms with Crippen LogP contribution in [0.4, 0.5) is 0 Å². The third-order valence-corrected chi connectivity index (χ3v) is 4.05. The van der Waals surface area contributed by atoms with Crippen molar-refractivity contribution in [3.8, 4) is 0 Å². The molecule has 1 saturated heterocycles. The second-order valence-electron chi connectivity index (χ2n) is 4.96. The highest BCUT2D eigenvalue weighted by atomic mass is 32.2. The predicted molar refractivity (Wildman–Crippen MR) is 67.4 cm³/mol. The summed E-state index contributed by atoms with van der Waals surface area (Å²) in [5.74, 6) is 1.04. The minimum absolute atomic E-state index is 0.306. The van der Waals surface area contributed by atoms with Crippen LogP contribution in [0.15, 0.2) is 0 Å². The largest absolute Gasteiger partial charge is 0.316 e. The van der Waals surface area contributed by atoms with Crippen LogP contribution in [0.2, 0.25) is 0 Å².